The van der Waals surface area contributed by atoms with Crippen molar-refractivity contribution in [2.75, 3.05) is 13.1 Å². The Bertz CT molecular complexity index is 128. The van der Waals surface area contributed by atoms with Crippen LogP contribution >= 0.6 is 0 Å². The number of amides is 2. The van der Waals surface area contributed by atoms with E-state index in [1.165, 1.54) is 0 Å². The Balaban J connectivity index is 2.43. The molecule has 4 heteroatoms. The molecule has 0 aromatic heterocycles. The first-order chi connectivity index (χ1) is 4.29. The Morgan fingerprint density at radius 1 is 1.11 bits per heavy atom. The second-order valence-electron chi connectivity index (χ2n) is 1.88. The van der Waals surface area contributed by atoms with Crippen LogP contribution in [0.25, 0.3) is 0 Å². The molecule has 0 saturated carbocycles. The fraction of sp³-hybridized carbons (Fsp3) is 0.600. The Morgan fingerprint density at radius 2 is 1.89 bits per heavy atom. The summed E-state index contributed by atoms with van der Waals surface area (Å²) in [5.41, 5.74) is 0. The van der Waals surface area contributed by atoms with Crippen LogP contribution in [-0.2, 0) is 9.59 Å². The summed E-state index contributed by atoms with van der Waals surface area (Å²) < 4.78 is 0. The summed E-state index contributed by atoms with van der Waals surface area (Å²) in [5, 5.41) is 5.00. The molecule has 2 N–H and O–H groups in total. The third-order valence-electron chi connectivity index (χ3n) is 1.12. The van der Waals surface area contributed by atoms with Gasteiger partial charge in [0.05, 0.1) is 6.54 Å². The van der Waals surface area contributed by atoms with Crippen molar-refractivity contribution in [3.8, 4) is 0 Å². The average molecular weight is 128 g/mol. The minimum atomic E-state index is -0.110. The largest absolute Gasteiger partial charge is 0.354 e. The van der Waals surface area contributed by atoms with Gasteiger partial charge >= 0.3 is 0 Å². The molecule has 0 aliphatic carbocycles. The standard InChI is InChI=1S/C5H8N2O2/c8-4-1-2-6-5(9)3-7-4/h1-3H2,(H,6,9)(H,7,8). The molecule has 9 heavy (non-hydrogen) atoms. The van der Waals surface area contributed by atoms with Gasteiger partial charge in [0, 0.05) is 13.0 Å². The van der Waals surface area contributed by atoms with Crippen LogP contribution in [0, 0.1) is 0 Å². The molecule has 1 saturated heterocycles. The number of hydrogen-bond acceptors (Lipinski definition) is 2. The van der Waals surface area contributed by atoms with Crippen molar-refractivity contribution in [1.29, 1.82) is 0 Å². The second kappa shape index (κ2) is 2.48. The van der Waals surface area contributed by atoms with E-state index in [1.807, 2.05) is 0 Å². The molecule has 0 spiro atoms. The van der Waals surface area contributed by atoms with Crippen molar-refractivity contribution in [2.45, 2.75) is 6.42 Å². The maximum atomic E-state index is 10.5. The van der Waals surface area contributed by atoms with Crippen LogP contribution < -0.4 is 10.6 Å². The lowest BCUT2D eigenvalue weighted by molar-refractivity contribution is -0.123. The minimum absolute atomic E-state index is 0.0617. The van der Waals surface area contributed by atoms with Crippen LogP contribution in [0.1, 0.15) is 6.42 Å². The SMILES string of the molecule is O=C1CCNC(=O)CN1. The van der Waals surface area contributed by atoms with Crippen molar-refractivity contribution in [2.24, 2.45) is 0 Å². The summed E-state index contributed by atoms with van der Waals surface area (Å²) in [4.78, 5) is 21.0. The summed E-state index contributed by atoms with van der Waals surface area (Å²) in [5.74, 6) is -0.172. The zero-order valence-electron chi connectivity index (χ0n) is 4.94. The summed E-state index contributed by atoms with van der Waals surface area (Å²) in [6.45, 7) is 0.587. The molecule has 1 heterocycles. The van der Waals surface area contributed by atoms with Gasteiger partial charge < -0.3 is 10.6 Å². The third-order valence-corrected chi connectivity index (χ3v) is 1.12. The zero-order valence-corrected chi connectivity index (χ0v) is 4.94. The van der Waals surface area contributed by atoms with Gasteiger partial charge in [-0.2, -0.15) is 0 Å². The van der Waals surface area contributed by atoms with Gasteiger partial charge in [0.25, 0.3) is 0 Å². The highest BCUT2D eigenvalue weighted by molar-refractivity contribution is 5.86. The Hall–Kier alpha value is -1.06. The monoisotopic (exact) mass is 128 g/mol. The van der Waals surface area contributed by atoms with E-state index in [0.29, 0.717) is 13.0 Å². The maximum absolute atomic E-state index is 10.5. The predicted octanol–water partition coefficient (Wildman–Crippen LogP) is -1.38. The van der Waals surface area contributed by atoms with E-state index in [9.17, 15) is 9.59 Å². The lowest BCUT2D eigenvalue weighted by atomic mass is 10.4. The summed E-state index contributed by atoms with van der Waals surface area (Å²) in [7, 11) is 0. The highest BCUT2D eigenvalue weighted by Crippen LogP contribution is 1.81. The van der Waals surface area contributed by atoms with Crippen molar-refractivity contribution in [1.82, 2.24) is 10.6 Å². The van der Waals surface area contributed by atoms with Gasteiger partial charge in [-0.1, -0.05) is 0 Å². The molecular formula is C5H8N2O2. The number of rotatable bonds is 0. The van der Waals surface area contributed by atoms with Gasteiger partial charge in [0.15, 0.2) is 0 Å². The van der Waals surface area contributed by atoms with Crippen LogP contribution in [0.4, 0.5) is 0 Å². The lowest BCUT2D eigenvalue weighted by Crippen LogP contribution is -2.30. The first kappa shape index (κ1) is 6.07. The molecule has 0 radical (unpaired) electrons. The fourth-order valence-corrected chi connectivity index (χ4v) is 0.645. The predicted molar refractivity (Wildman–Crippen MR) is 30.6 cm³/mol. The average Bonchev–Trinajstić information content (AvgIpc) is 1.97. The summed E-state index contributed by atoms with van der Waals surface area (Å²) in [6, 6.07) is 0. The van der Waals surface area contributed by atoms with Gasteiger partial charge in [-0.05, 0) is 0 Å². The highest BCUT2D eigenvalue weighted by Gasteiger charge is 2.09. The van der Waals surface area contributed by atoms with Crippen LogP contribution in [-0.4, -0.2) is 24.9 Å². The zero-order chi connectivity index (χ0) is 6.69. The van der Waals surface area contributed by atoms with Crippen LogP contribution in [0.5, 0.6) is 0 Å². The number of hydrogen-bond donors (Lipinski definition) is 2. The Kier molecular flexibility index (Phi) is 1.67. The molecule has 0 unspecified atom stereocenters. The molecule has 50 valence electrons. The van der Waals surface area contributed by atoms with Crippen LogP contribution in [0.2, 0.25) is 0 Å². The first-order valence-electron chi connectivity index (χ1n) is 2.82. The lowest BCUT2D eigenvalue weighted by Gasteiger charge is -1.93. The molecule has 1 fully saturated rings. The third kappa shape index (κ3) is 1.71. The van der Waals surface area contributed by atoms with E-state index < -0.39 is 0 Å². The van der Waals surface area contributed by atoms with E-state index in [-0.39, 0.29) is 18.4 Å². The molecule has 0 aromatic rings. The quantitative estimate of drug-likeness (QED) is 0.422. The first-order valence-corrected chi connectivity index (χ1v) is 2.82. The molecule has 1 aliphatic rings. The molecule has 2 amide bonds. The smallest absolute Gasteiger partial charge is 0.239 e. The van der Waals surface area contributed by atoms with Crippen LogP contribution in [0.3, 0.4) is 0 Å². The van der Waals surface area contributed by atoms with E-state index in [1.54, 1.807) is 0 Å². The second-order valence-corrected chi connectivity index (χ2v) is 1.88. The number of carbonyl (C=O) groups is 2. The van der Waals surface area contributed by atoms with Crippen molar-refractivity contribution >= 4 is 11.8 Å². The van der Waals surface area contributed by atoms with Crippen molar-refractivity contribution in [3.63, 3.8) is 0 Å². The molecule has 1 aliphatic heterocycles. The van der Waals surface area contributed by atoms with Gasteiger partial charge in [0.1, 0.15) is 0 Å². The molecule has 0 aromatic carbocycles. The van der Waals surface area contributed by atoms with Crippen molar-refractivity contribution in [3.05, 3.63) is 0 Å². The fourth-order valence-electron chi connectivity index (χ4n) is 0.645. The minimum Gasteiger partial charge on any atom is -0.354 e. The number of nitrogens with one attached hydrogen (secondary N) is 2. The summed E-state index contributed by atoms with van der Waals surface area (Å²) in [6.07, 6.45) is 0.395. The van der Waals surface area contributed by atoms with E-state index in [2.05, 4.69) is 10.6 Å². The summed E-state index contributed by atoms with van der Waals surface area (Å²) >= 11 is 0. The van der Waals surface area contributed by atoms with Crippen LogP contribution in [0.15, 0.2) is 0 Å². The maximum Gasteiger partial charge on any atom is 0.239 e. The van der Waals surface area contributed by atoms with E-state index in [4.69, 9.17) is 0 Å². The Morgan fingerprint density at radius 3 is 2.67 bits per heavy atom. The van der Waals surface area contributed by atoms with Gasteiger partial charge in [-0.25, -0.2) is 0 Å². The molecule has 0 atom stereocenters. The van der Waals surface area contributed by atoms with E-state index >= 15 is 0 Å². The molecular weight excluding hydrogens is 120 g/mol. The van der Waals surface area contributed by atoms with Gasteiger partial charge in [0.2, 0.25) is 11.8 Å². The Labute approximate surface area is 52.6 Å². The molecule has 1 rings (SSSR count). The normalized spacial score (nSPS) is 20.0. The highest BCUT2D eigenvalue weighted by atomic mass is 16.2. The van der Waals surface area contributed by atoms with E-state index in [0.717, 1.165) is 0 Å². The van der Waals surface area contributed by atoms with Gasteiger partial charge in [-0.15, -0.1) is 0 Å². The molecule has 0 bridgehead atoms. The van der Waals surface area contributed by atoms with Gasteiger partial charge in [-0.3, -0.25) is 9.59 Å². The molecule has 4 nitrogen and oxygen atoms in total. The number of carbonyl (C=O) groups excluding carboxylic acids is 2. The topological polar surface area (TPSA) is 58.2 Å². The van der Waals surface area contributed by atoms with Crippen molar-refractivity contribution < 1.29 is 9.59 Å².